The van der Waals surface area contributed by atoms with Crippen LogP contribution in [0.15, 0.2) is 35.6 Å². The summed E-state index contributed by atoms with van der Waals surface area (Å²) in [4.78, 5) is 12.4. The van der Waals surface area contributed by atoms with Crippen molar-refractivity contribution in [2.24, 2.45) is 0 Å². The van der Waals surface area contributed by atoms with Crippen molar-refractivity contribution >= 4 is 5.78 Å². The molecule has 6 nitrogen and oxygen atoms in total. The van der Waals surface area contributed by atoms with Gasteiger partial charge in [-0.25, -0.2) is 0 Å². The van der Waals surface area contributed by atoms with Crippen molar-refractivity contribution in [2.75, 3.05) is 34.9 Å². The number of likely N-dealkylation sites (tertiary alicyclic amines) is 1. The minimum absolute atomic E-state index is 0.172. The summed E-state index contributed by atoms with van der Waals surface area (Å²) in [6.45, 7) is 0.484. The molecular weight excluding hydrogens is 334 g/mol. The number of benzene rings is 1. The van der Waals surface area contributed by atoms with Gasteiger partial charge in [0.05, 0.1) is 40.3 Å². The standard InChI is InChI=1S/C20H23NO5/c1-21(23)6-5-20-11-19(26-4)16(22)9-14(20)15(21)7-12-8-17(24-2)18(25-3)10-13(12)20/h8-11,15H,5-7H2,1-4H3/t15-,20-,21?/m1/s1. The first-order chi connectivity index (χ1) is 12.4. The molecule has 1 aliphatic heterocycles. The summed E-state index contributed by atoms with van der Waals surface area (Å²) in [5.41, 5.74) is 2.52. The number of likely N-dealkylation sites (N-methyl/N-ethyl adjacent to an activating group) is 1. The average Bonchev–Trinajstić information content (AvgIpc) is 2.63. The van der Waals surface area contributed by atoms with E-state index in [9.17, 15) is 10.0 Å². The molecule has 0 N–H and O–H groups in total. The largest absolute Gasteiger partial charge is 0.633 e. The van der Waals surface area contributed by atoms with E-state index in [1.54, 1.807) is 27.3 Å². The highest BCUT2D eigenvalue weighted by Gasteiger charge is 2.54. The number of rotatable bonds is 3. The molecule has 2 aliphatic carbocycles. The van der Waals surface area contributed by atoms with Gasteiger partial charge in [-0.15, -0.1) is 0 Å². The first-order valence-corrected chi connectivity index (χ1v) is 8.71. The van der Waals surface area contributed by atoms with Gasteiger partial charge in [-0.1, -0.05) is 0 Å². The van der Waals surface area contributed by atoms with Crippen LogP contribution in [0.2, 0.25) is 0 Å². The Balaban J connectivity index is 2.01. The maximum absolute atomic E-state index is 13.1. The second kappa shape index (κ2) is 5.59. The SMILES string of the molecule is COC1=C[C@]23CC[N+](C)([O-])[C@H](Cc4cc(OC)c(OC)cc42)C3=CC1=O. The zero-order valence-electron chi connectivity index (χ0n) is 15.5. The van der Waals surface area contributed by atoms with Crippen LogP contribution in [0.4, 0.5) is 0 Å². The lowest BCUT2D eigenvalue weighted by Crippen LogP contribution is -2.61. The van der Waals surface area contributed by atoms with Gasteiger partial charge in [0.25, 0.3) is 0 Å². The van der Waals surface area contributed by atoms with Crippen molar-refractivity contribution in [1.29, 1.82) is 0 Å². The molecule has 1 aromatic rings. The van der Waals surface area contributed by atoms with Crippen LogP contribution in [0.25, 0.3) is 0 Å². The highest BCUT2D eigenvalue weighted by molar-refractivity contribution is 6.05. The lowest BCUT2D eigenvalue weighted by molar-refractivity contribution is -0.886. The summed E-state index contributed by atoms with van der Waals surface area (Å²) in [7, 11) is 6.41. The monoisotopic (exact) mass is 357 g/mol. The van der Waals surface area contributed by atoms with Crippen LogP contribution in [0.3, 0.4) is 0 Å². The Hall–Kier alpha value is -2.31. The van der Waals surface area contributed by atoms with E-state index in [0.717, 1.165) is 16.7 Å². The van der Waals surface area contributed by atoms with Crippen molar-refractivity contribution < 1.29 is 23.7 Å². The molecule has 0 amide bonds. The number of hydroxylamine groups is 3. The van der Waals surface area contributed by atoms with E-state index >= 15 is 0 Å². The van der Waals surface area contributed by atoms with E-state index in [-0.39, 0.29) is 16.5 Å². The zero-order chi connectivity index (χ0) is 18.7. The maximum atomic E-state index is 13.1. The molecule has 0 saturated carbocycles. The number of piperidine rings is 1. The van der Waals surface area contributed by atoms with Crippen LogP contribution in [-0.2, 0) is 21.4 Å². The van der Waals surface area contributed by atoms with E-state index in [1.807, 2.05) is 18.2 Å². The molecule has 0 spiro atoms. The third kappa shape index (κ3) is 2.15. The van der Waals surface area contributed by atoms with E-state index in [1.165, 1.54) is 7.11 Å². The molecule has 2 bridgehead atoms. The van der Waals surface area contributed by atoms with Crippen molar-refractivity contribution in [2.45, 2.75) is 24.3 Å². The van der Waals surface area contributed by atoms with Crippen LogP contribution in [-0.4, -0.2) is 51.4 Å². The number of nitrogens with zero attached hydrogens (tertiary/aromatic N) is 1. The predicted octanol–water partition coefficient (Wildman–Crippen LogP) is 2.25. The summed E-state index contributed by atoms with van der Waals surface area (Å²) in [5.74, 6) is 1.45. The highest BCUT2D eigenvalue weighted by Crippen LogP contribution is 2.54. The maximum Gasteiger partial charge on any atom is 0.220 e. The average molecular weight is 357 g/mol. The number of carbonyl (C=O) groups is 1. The number of ketones is 1. The number of carbonyl (C=O) groups excluding carboxylic acids is 1. The minimum atomic E-state index is -0.501. The molecule has 1 aromatic carbocycles. The van der Waals surface area contributed by atoms with E-state index in [2.05, 4.69) is 0 Å². The van der Waals surface area contributed by atoms with Crippen molar-refractivity contribution in [3.8, 4) is 11.5 Å². The topological polar surface area (TPSA) is 67.8 Å². The molecule has 4 rings (SSSR count). The summed E-state index contributed by atoms with van der Waals surface area (Å²) in [6, 6.07) is 3.66. The number of methoxy groups -OCH3 is 3. The van der Waals surface area contributed by atoms with Gasteiger partial charge in [-0.2, -0.15) is 0 Å². The molecule has 3 atom stereocenters. The van der Waals surface area contributed by atoms with E-state index < -0.39 is 5.41 Å². The van der Waals surface area contributed by atoms with Crippen molar-refractivity contribution in [3.63, 3.8) is 0 Å². The van der Waals surface area contributed by atoms with Crippen LogP contribution >= 0.6 is 0 Å². The number of quaternary nitrogens is 1. The third-order valence-electron chi connectivity index (χ3n) is 6.11. The Labute approximate surface area is 152 Å². The predicted molar refractivity (Wildman–Crippen MR) is 95.9 cm³/mol. The molecule has 1 unspecified atom stereocenters. The fraction of sp³-hybridized carbons (Fsp3) is 0.450. The lowest BCUT2D eigenvalue weighted by Gasteiger charge is -2.58. The Bertz CT molecular complexity index is 854. The fourth-order valence-electron chi connectivity index (χ4n) is 4.72. The second-order valence-corrected chi connectivity index (χ2v) is 7.38. The van der Waals surface area contributed by atoms with Gasteiger partial charge < -0.3 is 24.1 Å². The van der Waals surface area contributed by atoms with Crippen LogP contribution in [0.5, 0.6) is 11.5 Å². The molecule has 6 heteroatoms. The van der Waals surface area contributed by atoms with Gasteiger partial charge >= 0.3 is 0 Å². The summed E-state index contributed by atoms with van der Waals surface area (Å²) in [6.07, 6.45) is 4.72. The molecule has 0 radical (unpaired) electrons. The van der Waals surface area contributed by atoms with Crippen LogP contribution in [0, 0.1) is 5.21 Å². The first-order valence-electron chi connectivity index (χ1n) is 8.71. The van der Waals surface area contributed by atoms with Crippen molar-refractivity contribution in [1.82, 2.24) is 0 Å². The number of hydrogen-bond acceptors (Lipinski definition) is 5. The minimum Gasteiger partial charge on any atom is -0.633 e. The van der Waals surface area contributed by atoms with Crippen LogP contribution < -0.4 is 9.47 Å². The lowest BCUT2D eigenvalue weighted by atomic mass is 9.58. The van der Waals surface area contributed by atoms with E-state index in [0.29, 0.717) is 36.6 Å². The molecule has 0 aromatic heterocycles. The number of allylic oxidation sites excluding steroid dienone is 2. The molecule has 1 saturated heterocycles. The second-order valence-electron chi connectivity index (χ2n) is 7.38. The summed E-state index contributed by atoms with van der Waals surface area (Å²) < 4.78 is 15.9. The number of fused-ring (bicyclic) bond motifs is 1. The Morgan fingerprint density at radius 2 is 1.85 bits per heavy atom. The van der Waals surface area contributed by atoms with Crippen LogP contribution in [0.1, 0.15) is 17.5 Å². The van der Waals surface area contributed by atoms with Gasteiger partial charge in [-0.05, 0) is 35.4 Å². The molecule has 1 heterocycles. The first kappa shape index (κ1) is 17.1. The Kier molecular flexibility index (Phi) is 3.68. The fourth-order valence-corrected chi connectivity index (χ4v) is 4.72. The third-order valence-corrected chi connectivity index (χ3v) is 6.11. The molecule has 1 fully saturated rings. The van der Waals surface area contributed by atoms with Gasteiger partial charge in [0.2, 0.25) is 5.78 Å². The number of hydrogen-bond donors (Lipinski definition) is 0. The molecule has 3 aliphatic rings. The smallest absolute Gasteiger partial charge is 0.220 e. The normalized spacial score (nSPS) is 32.0. The summed E-state index contributed by atoms with van der Waals surface area (Å²) in [5, 5.41) is 13.1. The summed E-state index contributed by atoms with van der Waals surface area (Å²) >= 11 is 0. The molecular formula is C20H23NO5. The Morgan fingerprint density at radius 3 is 2.50 bits per heavy atom. The van der Waals surface area contributed by atoms with Gasteiger partial charge in [0, 0.05) is 18.4 Å². The van der Waals surface area contributed by atoms with E-state index in [4.69, 9.17) is 14.2 Å². The molecule has 138 valence electrons. The number of ether oxygens (including phenoxy) is 3. The Morgan fingerprint density at radius 1 is 1.15 bits per heavy atom. The zero-order valence-corrected chi connectivity index (χ0v) is 15.5. The van der Waals surface area contributed by atoms with Crippen molar-refractivity contribution in [3.05, 3.63) is 52.0 Å². The van der Waals surface area contributed by atoms with Gasteiger partial charge in [0.1, 0.15) is 6.04 Å². The molecule has 26 heavy (non-hydrogen) atoms. The van der Waals surface area contributed by atoms with Gasteiger partial charge in [0.15, 0.2) is 17.3 Å². The van der Waals surface area contributed by atoms with Gasteiger partial charge in [-0.3, -0.25) is 4.79 Å². The quantitative estimate of drug-likeness (QED) is 0.613. The highest BCUT2D eigenvalue weighted by atomic mass is 16.5.